The lowest BCUT2D eigenvalue weighted by Gasteiger charge is -2.36. The molecule has 0 bridgehead atoms. The highest BCUT2D eigenvalue weighted by molar-refractivity contribution is 5.80. The summed E-state index contributed by atoms with van der Waals surface area (Å²) in [6.07, 6.45) is 1.78. The van der Waals surface area contributed by atoms with Gasteiger partial charge in [-0.2, -0.15) is 4.98 Å². The van der Waals surface area contributed by atoms with Gasteiger partial charge in [-0.15, -0.1) is 0 Å². The fraction of sp³-hybridized carbons (Fsp3) is 0.800. The van der Waals surface area contributed by atoms with Gasteiger partial charge in [0.1, 0.15) is 12.1 Å². The number of likely N-dealkylation sites (tertiary alicyclic amines) is 1. The monoisotopic (exact) mass is 408 g/mol. The Morgan fingerprint density at radius 2 is 2.03 bits per heavy atom. The number of guanidine groups is 1. The summed E-state index contributed by atoms with van der Waals surface area (Å²) >= 11 is 0. The second kappa shape index (κ2) is 10.5. The van der Waals surface area contributed by atoms with E-state index in [2.05, 4.69) is 32.3 Å². The molecular formula is C20H36N6O3. The maximum atomic E-state index is 12.4. The van der Waals surface area contributed by atoms with E-state index in [0.717, 1.165) is 45.0 Å². The van der Waals surface area contributed by atoms with Crippen molar-refractivity contribution in [2.45, 2.75) is 66.5 Å². The summed E-state index contributed by atoms with van der Waals surface area (Å²) in [5, 5.41) is 7.25. The average Bonchev–Trinajstić information content (AvgIpc) is 3.07. The SMILES string of the molecule is CCNC(=NCc1noc(C)n1)N1CCC(CN(CC)C(=O)OC(C)(C)C)CC1. The minimum Gasteiger partial charge on any atom is -0.444 e. The van der Waals surface area contributed by atoms with E-state index in [1.807, 2.05) is 32.6 Å². The number of amides is 1. The maximum absolute atomic E-state index is 12.4. The molecule has 1 aliphatic rings. The number of rotatable bonds is 6. The van der Waals surface area contributed by atoms with E-state index >= 15 is 0 Å². The van der Waals surface area contributed by atoms with Gasteiger partial charge in [-0.25, -0.2) is 9.79 Å². The molecule has 0 aliphatic carbocycles. The van der Waals surface area contributed by atoms with Crippen LogP contribution in [-0.2, 0) is 11.3 Å². The molecule has 0 atom stereocenters. The van der Waals surface area contributed by atoms with Crippen LogP contribution in [0.2, 0.25) is 0 Å². The standard InChI is InChI=1S/C20H36N6O3/c1-7-21-18(22-13-17-23-15(3)29-24-17)26-11-9-16(10-12-26)14-25(8-2)19(27)28-20(4,5)6/h16H,7-14H2,1-6H3,(H,21,22). The van der Waals surface area contributed by atoms with Crippen LogP contribution in [0.1, 0.15) is 59.2 Å². The first-order valence-electron chi connectivity index (χ1n) is 10.5. The van der Waals surface area contributed by atoms with E-state index in [4.69, 9.17) is 9.26 Å². The number of aromatic nitrogens is 2. The number of nitrogens with one attached hydrogen (secondary N) is 1. The van der Waals surface area contributed by atoms with Gasteiger partial charge in [0.2, 0.25) is 5.89 Å². The van der Waals surface area contributed by atoms with Crippen molar-refractivity contribution in [1.82, 2.24) is 25.3 Å². The van der Waals surface area contributed by atoms with Gasteiger partial charge in [-0.3, -0.25) is 0 Å². The molecule has 0 spiro atoms. The van der Waals surface area contributed by atoms with Crippen LogP contribution >= 0.6 is 0 Å². The van der Waals surface area contributed by atoms with Crippen LogP contribution in [0, 0.1) is 12.8 Å². The molecule has 164 valence electrons. The first-order chi connectivity index (χ1) is 13.7. The van der Waals surface area contributed by atoms with Crippen molar-refractivity contribution in [3.63, 3.8) is 0 Å². The predicted molar refractivity (Wildman–Crippen MR) is 112 cm³/mol. The molecule has 9 heteroatoms. The van der Waals surface area contributed by atoms with Gasteiger partial charge >= 0.3 is 6.09 Å². The summed E-state index contributed by atoms with van der Waals surface area (Å²) in [6, 6.07) is 0. The molecule has 0 radical (unpaired) electrons. The lowest BCUT2D eigenvalue weighted by Crippen LogP contribution is -2.47. The first-order valence-corrected chi connectivity index (χ1v) is 10.5. The largest absolute Gasteiger partial charge is 0.444 e. The fourth-order valence-electron chi connectivity index (χ4n) is 3.28. The van der Waals surface area contributed by atoms with Gasteiger partial charge in [0.05, 0.1) is 0 Å². The zero-order valence-electron chi connectivity index (χ0n) is 18.7. The number of hydrogen-bond donors (Lipinski definition) is 1. The lowest BCUT2D eigenvalue weighted by molar-refractivity contribution is 0.0214. The zero-order chi connectivity index (χ0) is 21.4. The van der Waals surface area contributed by atoms with Gasteiger partial charge in [0.15, 0.2) is 11.8 Å². The van der Waals surface area contributed by atoms with Crippen molar-refractivity contribution < 1.29 is 14.1 Å². The Balaban J connectivity index is 1.88. The fourth-order valence-corrected chi connectivity index (χ4v) is 3.28. The Kier molecular flexibility index (Phi) is 8.28. The number of aryl methyl sites for hydroxylation is 1. The average molecular weight is 409 g/mol. The van der Waals surface area contributed by atoms with Crippen LogP contribution in [0.5, 0.6) is 0 Å². The minimum absolute atomic E-state index is 0.229. The van der Waals surface area contributed by atoms with Crippen LogP contribution in [-0.4, -0.2) is 70.3 Å². The summed E-state index contributed by atoms with van der Waals surface area (Å²) in [5.74, 6) is 2.46. The van der Waals surface area contributed by atoms with Gasteiger partial charge in [-0.05, 0) is 53.4 Å². The molecule has 0 saturated carbocycles. The van der Waals surface area contributed by atoms with Crippen molar-refractivity contribution >= 4 is 12.1 Å². The number of nitrogens with zero attached hydrogens (tertiary/aromatic N) is 5. The highest BCUT2D eigenvalue weighted by Crippen LogP contribution is 2.20. The zero-order valence-corrected chi connectivity index (χ0v) is 18.7. The van der Waals surface area contributed by atoms with Crippen molar-refractivity contribution in [2.24, 2.45) is 10.9 Å². The molecule has 1 N–H and O–H groups in total. The first kappa shape index (κ1) is 23.0. The second-order valence-corrected chi connectivity index (χ2v) is 8.35. The molecular weight excluding hydrogens is 372 g/mol. The van der Waals surface area contributed by atoms with Gasteiger partial charge in [0.25, 0.3) is 0 Å². The summed E-state index contributed by atoms with van der Waals surface area (Å²) in [7, 11) is 0. The van der Waals surface area contributed by atoms with E-state index in [1.54, 1.807) is 6.92 Å². The molecule has 29 heavy (non-hydrogen) atoms. The number of ether oxygens (including phenoxy) is 1. The number of aliphatic imine (C=N–C) groups is 1. The third-order valence-corrected chi connectivity index (χ3v) is 4.70. The third-order valence-electron chi connectivity index (χ3n) is 4.70. The second-order valence-electron chi connectivity index (χ2n) is 8.35. The van der Waals surface area contributed by atoms with Gasteiger partial charge in [0, 0.05) is 39.6 Å². The summed E-state index contributed by atoms with van der Waals surface area (Å²) < 4.78 is 10.5. The van der Waals surface area contributed by atoms with E-state index in [9.17, 15) is 4.79 Å². The molecule has 1 fully saturated rings. The van der Waals surface area contributed by atoms with E-state index in [1.165, 1.54) is 0 Å². The quantitative estimate of drug-likeness (QED) is 0.571. The molecule has 1 aliphatic heterocycles. The highest BCUT2D eigenvalue weighted by atomic mass is 16.6. The van der Waals surface area contributed by atoms with Crippen LogP contribution in [0.25, 0.3) is 0 Å². The Morgan fingerprint density at radius 1 is 1.34 bits per heavy atom. The Labute approximate surface area is 173 Å². The topological polar surface area (TPSA) is 96.1 Å². The normalized spacial score (nSPS) is 16.1. The predicted octanol–water partition coefficient (Wildman–Crippen LogP) is 2.81. The molecule has 0 unspecified atom stereocenters. The number of piperidine rings is 1. The molecule has 2 rings (SSSR count). The van der Waals surface area contributed by atoms with E-state index in [0.29, 0.717) is 30.7 Å². The number of hydrogen-bond acceptors (Lipinski definition) is 6. The molecule has 0 aromatic carbocycles. The summed E-state index contributed by atoms with van der Waals surface area (Å²) in [4.78, 5) is 25.3. The molecule has 2 heterocycles. The molecule has 9 nitrogen and oxygen atoms in total. The van der Waals surface area contributed by atoms with E-state index in [-0.39, 0.29) is 6.09 Å². The maximum Gasteiger partial charge on any atom is 0.410 e. The number of carbonyl (C=O) groups is 1. The summed E-state index contributed by atoms with van der Waals surface area (Å²) in [6.45, 7) is 15.9. The van der Waals surface area contributed by atoms with Crippen molar-refractivity contribution in [3.8, 4) is 0 Å². The Bertz CT molecular complexity index is 674. The molecule has 1 amide bonds. The number of carbonyl (C=O) groups excluding carboxylic acids is 1. The van der Waals surface area contributed by atoms with Crippen LogP contribution in [0.4, 0.5) is 4.79 Å². The molecule has 1 aromatic rings. The third kappa shape index (κ3) is 7.55. The van der Waals surface area contributed by atoms with Gasteiger partial charge in [-0.1, -0.05) is 5.16 Å². The smallest absolute Gasteiger partial charge is 0.410 e. The minimum atomic E-state index is -0.470. The van der Waals surface area contributed by atoms with Crippen molar-refractivity contribution in [3.05, 3.63) is 11.7 Å². The van der Waals surface area contributed by atoms with E-state index < -0.39 is 5.60 Å². The highest BCUT2D eigenvalue weighted by Gasteiger charge is 2.27. The van der Waals surface area contributed by atoms with Crippen LogP contribution in [0.3, 0.4) is 0 Å². The molecule has 1 aromatic heterocycles. The molecule has 1 saturated heterocycles. The van der Waals surface area contributed by atoms with Crippen LogP contribution in [0.15, 0.2) is 9.52 Å². The van der Waals surface area contributed by atoms with Crippen molar-refractivity contribution in [2.75, 3.05) is 32.7 Å². The Morgan fingerprint density at radius 3 is 2.55 bits per heavy atom. The van der Waals surface area contributed by atoms with Gasteiger partial charge < -0.3 is 24.4 Å². The summed E-state index contributed by atoms with van der Waals surface area (Å²) in [5.41, 5.74) is -0.470. The van der Waals surface area contributed by atoms with Crippen LogP contribution < -0.4 is 5.32 Å². The Hall–Kier alpha value is -2.32. The van der Waals surface area contributed by atoms with Crippen molar-refractivity contribution in [1.29, 1.82) is 0 Å². The lowest BCUT2D eigenvalue weighted by atomic mass is 9.96.